The fourth-order valence-electron chi connectivity index (χ4n) is 3.67. The lowest BCUT2D eigenvalue weighted by Gasteiger charge is -2.09. The first kappa shape index (κ1) is 20.6. The average Bonchev–Trinajstić information content (AvgIpc) is 3.49. The van der Waals surface area contributed by atoms with Gasteiger partial charge in [0, 0.05) is 17.3 Å². The van der Waals surface area contributed by atoms with Crippen LogP contribution in [0.15, 0.2) is 36.5 Å². The number of fused-ring (bicyclic) bond motifs is 1. The van der Waals surface area contributed by atoms with E-state index >= 15 is 0 Å². The van der Waals surface area contributed by atoms with E-state index in [1.807, 2.05) is 13.8 Å². The van der Waals surface area contributed by atoms with Gasteiger partial charge in [0.1, 0.15) is 11.3 Å². The fourth-order valence-corrected chi connectivity index (χ4v) is 3.79. The molecule has 1 aliphatic carbocycles. The highest BCUT2D eigenvalue weighted by Crippen LogP contribution is 2.40. The lowest BCUT2D eigenvalue weighted by Crippen LogP contribution is -2.13. The van der Waals surface area contributed by atoms with Gasteiger partial charge in [-0.1, -0.05) is 11.6 Å². The molecule has 0 saturated heterocycles. The highest BCUT2D eigenvalue weighted by Gasteiger charge is 2.29. The number of aromatic nitrogens is 5. The third-order valence-electron chi connectivity index (χ3n) is 5.56. The second-order valence-electron chi connectivity index (χ2n) is 7.87. The van der Waals surface area contributed by atoms with Gasteiger partial charge in [-0.25, -0.2) is 23.0 Å². The molecule has 32 heavy (non-hydrogen) atoms. The minimum absolute atomic E-state index is 0.135. The Kier molecular flexibility index (Phi) is 4.93. The Morgan fingerprint density at radius 2 is 1.94 bits per heavy atom. The largest absolute Gasteiger partial charge is 0.322 e. The van der Waals surface area contributed by atoms with Gasteiger partial charge in [0.15, 0.2) is 5.65 Å². The minimum atomic E-state index is -2.72. The van der Waals surface area contributed by atoms with E-state index in [1.54, 1.807) is 28.9 Å². The summed E-state index contributed by atoms with van der Waals surface area (Å²) < 4.78 is 29.9. The topological polar surface area (TPSA) is 77.1 Å². The molecule has 0 spiro atoms. The van der Waals surface area contributed by atoms with Crippen molar-refractivity contribution in [3.63, 3.8) is 0 Å². The number of nitrogens with one attached hydrogen (secondary N) is 1. The number of aryl methyl sites for hydroxylation is 1. The molecule has 164 valence electrons. The van der Waals surface area contributed by atoms with Crippen LogP contribution in [0.4, 0.5) is 14.5 Å². The van der Waals surface area contributed by atoms with Crippen LogP contribution in [0.5, 0.6) is 0 Å². The molecule has 1 aliphatic rings. The van der Waals surface area contributed by atoms with Crippen LogP contribution in [-0.2, 0) is 0 Å². The molecule has 7 nitrogen and oxygen atoms in total. The first-order valence-electron chi connectivity index (χ1n) is 10.1. The Labute approximate surface area is 187 Å². The second-order valence-corrected chi connectivity index (χ2v) is 8.25. The molecule has 1 aromatic carbocycles. The van der Waals surface area contributed by atoms with Gasteiger partial charge in [-0.15, -0.1) is 0 Å². The first-order chi connectivity index (χ1) is 15.3. The lowest BCUT2D eigenvalue weighted by atomic mass is 10.2. The van der Waals surface area contributed by atoms with Crippen molar-refractivity contribution in [1.29, 1.82) is 0 Å². The summed E-state index contributed by atoms with van der Waals surface area (Å²) in [6.45, 7) is 3.71. The van der Waals surface area contributed by atoms with Gasteiger partial charge in [-0.2, -0.15) is 10.2 Å². The van der Waals surface area contributed by atoms with Crippen LogP contribution < -0.4 is 5.32 Å². The van der Waals surface area contributed by atoms with Gasteiger partial charge < -0.3 is 5.32 Å². The van der Waals surface area contributed by atoms with E-state index in [2.05, 4.69) is 20.5 Å². The quantitative estimate of drug-likeness (QED) is 0.445. The monoisotopic (exact) mass is 456 g/mol. The molecule has 10 heteroatoms. The molecule has 3 aromatic heterocycles. The van der Waals surface area contributed by atoms with Crippen molar-refractivity contribution in [3.8, 4) is 5.69 Å². The molecule has 1 fully saturated rings. The van der Waals surface area contributed by atoms with Crippen LogP contribution in [0.25, 0.3) is 11.3 Å². The molecule has 0 aliphatic heterocycles. The first-order valence-corrected chi connectivity index (χ1v) is 10.5. The highest BCUT2D eigenvalue weighted by molar-refractivity contribution is 6.31. The molecule has 5 rings (SSSR count). The number of anilines is 1. The number of amides is 1. The number of benzene rings is 1. The van der Waals surface area contributed by atoms with Crippen molar-refractivity contribution in [3.05, 3.63) is 69.9 Å². The van der Waals surface area contributed by atoms with Crippen LogP contribution in [0.3, 0.4) is 0 Å². The summed E-state index contributed by atoms with van der Waals surface area (Å²) in [6.07, 6.45) is 0.374. The lowest BCUT2D eigenvalue weighted by molar-refractivity contribution is 0.102. The smallest absolute Gasteiger partial charge is 0.280 e. The normalized spacial score (nSPS) is 13.8. The molecule has 0 unspecified atom stereocenters. The Bertz CT molecular complexity index is 1340. The molecule has 1 saturated carbocycles. The number of halogens is 3. The van der Waals surface area contributed by atoms with Crippen LogP contribution in [0, 0.1) is 13.8 Å². The molecular formula is C22H19ClF2N6O. The zero-order valence-corrected chi connectivity index (χ0v) is 18.1. The summed E-state index contributed by atoms with van der Waals surface area (Å²) in [6, 6.07) is 8.46. The van der Waals surface area contributed by atoms with Crippen molar-refractivity contribution < 1.29 is 13.6 Å². The summed E-state index contributed by atoms with van der Waals surface area (Å²) in [4.78, 5) is 17.4. The Morgan fingerprint density at radius 3 is 2.53 bits per heavy atom. The summed E-state index contributed by atoms with van der Waals surface area (Å²) in [7, 11) is 0. The zero-order valence-electron chi connectivity index (χ0n) is 17.3. The van der Waals surface area contributed by atoms with E-state index in [0.717, 1.165) is 34.4 Å². The Morgan fingerprint density at radius 1 is 1.22 bits per heavy atom. The predicted octanol–water partition coefficient (Wildman–Crippen LogP) is 5.25. The fraction of sp³-hybridized carbons (Fsp3) is 0.273. The van der Waals surface area contributed by atoms with Crippen molar-refractivity contribution >= 4 is 28.8 Å². The van der Waals surface area contributed by atoms with Crippen molar-refractivity contribution in [2.24, 2.45) is 0 Å². The number of carbonyl (C=O) groups excluding carboxylic acids is 1. The molecular weight excluding hydrogens is 438 g/mol. The SMILES string of the molecule is Cc1nn(-c2ccc(NC(=O)c3cnn4c(C(F)F)cc(C5CC5)nc34)cc2)c(C)c1Cl. The Balaban J connectivity index is 1.43. The van der Waals surface area contributed by atoms with Crippen LogP contribution >= 0.6 is 11.6 Å². The van der Waals surface area contributed by atoms with Crippen molar-refractivity contribution in [2.45, 2.75) is 39.0 Å². The summed E-state index contributed by atoms with van der Waals surface area (Å²) in [5.41, 5.74) is 3.48. The van der Waals surface area contributed by atoms with Crippen LogP contribution in [-0.4, -0.2) is 30.3 Å². The number of rotatable bonds is 5. The molecule has 0 radical (unpaired) electrons. The van der Waals surface area contributed by atoms with Gasteiger partial charge >= 0.3 is 0 Å². The van der Waals surface area contributed by atoms with E-state index in [4.69, 9.17) is 11.6 Å². The summed E-state index contributed by atoms with van der Waals surface area (Å²) >= 11 is 6.22. The van der Waals surface area contributed by atoms with E-state index in [0.29, 0.717) is 16.4 Å². The zero-order chi connectivity index (χ0) is 22.6. The van der Waals surface area contributed by atoms with Gasteiger partial charge in [-0.3, -0.25) is 4.79 Å². The summed E-state index contributed by atoms with van der Waals surface area (Å²) in [5.74, 6) is -0.304. The van der Waals surface area contributed by atoms with E-state index in [-0.39, 0.29) is 22.8 Å². The Hall–Kier alpha value is -3.33. The molecule has 4 aromatic rings. The molecule has 1 amide bonds. The predicted molar refractivity (Wildman–Crippen MR) is 116 cm³/mol. The summed E-state index contributed by atoms with van der Waals surface area (Å²) in [5, 5.41) is 11.8. The van der Waals surface area contributed by atoms with Gasteiger partial charge in [-0.05, 0) is 57.0 Å². The maximum absolute atomic E-state index is 13.5. The molecule has 3 heterocycles. The number of hydrogen-bond acceptors (Lipinski definition) is 4. The van der Waals surface area contributed by atoms with Crippen LogP contribution in [0.1, 0.15) is 58.3 Å². The molecule has 0 atom stereocenters. The second kappa shape index (κ2) is 7.67. The van der Waals surface area contributed by atoms with E-state index in [1.165, 1.54) is 12.3 Å². The van der Waals surface area contributed by atoms with Gasteiger partial charge in [0.05, 0.1) is 28.3 Å². The number of carbonyl (C=O) groups is 1. The van der Waals surface area contributed by atoms with Gasteiger partial charge in [0.25, 0.3) is 12.3 Å². The molecule has 0 bridgehead atoms. The third kappa shape index (κ3) is 3.52. The van der Waals surface area contributed by atoms with Crippen molar-refractivity contribution in [2.75, 3.05) is 5.32 Å². The van der Waals surface area contributed by atoms with E-state index in [9.17, 15) is 13.6 Å². The van der Waals surface area contributed by atoms with E-state index < -0.39 is 12.3 Å². The maximum Gasteiger partial charge on any atom is 0.280 e. The van der Waals surface area contributed by atoms with Gasteiger partial charge in [0.2, 0.25) is 0 Å². The number of alkyl halides is 2. The minimum Gasteiger partial charge on any atom is -0.322 e. The molecule has 1 N–H and O–H groups in total. The highest BCUT2D eigenvalue weighted by atomic mass is 35.5. The maximum atomic E-state index is 13.5. The number of hydrogen-bond donors (Lipinski definition) is 1. The standard InChI is InChI=1S/C22H19ClF2N6O/c1-11-19(23)12(2)30(29-11)15-7-5-14(6-8-15)27-22(32)16-10-26-31-18(20(24)25)9-17(13-3-4-13)28-21(16)31/h5-10,13,20H,3-4H2,1-2H3,(H,27,32). The van der Waals surface area contributed by atoms with Crippen molar-refractivity contribution in [1.82, 2.24) is 24.4 Å². The number of nitrogens with zero attached hydrogens (tertiary/aromatic N) is 5. The average molecular weight is 457 g/mol. The third-order valence-corrected chi connectivity index (χ3v) is 6.10. The van der Waals surface area contributed by atoms with Crippen LogP contribution in [0.2, 0.25) is 5.02 Å².